The molecule has 1 aromatic carbocycles. The van der Waals surface area contributed by atoms with E-state index in [1.807, 2.05) is 19.9 Å². The van der Waals surface area contributed by atoms with Gasteiger partial charge in [0.25, 0.3) is 0 Å². The zero-order valence-corrected chi connectivity index (χ0v) is 11.4. The van der Waals surface area contributed by atoms with Gasteiger partial charge in [0, 0.05) is 23.8 Å². The maximum absolute atomic E-state index is 5.98. The van der Waals surface area contributed by atoms with Crippen molar-refractivity contribution in [3.63, 3.8) is 0 Å². The molecular formula is C15H21N3. The van der Waals surface area contributed by atoms with Gasteiger partial charge in [0.1, 0.15) is 0 Å². The molecule has 0 aliphatic carbocycles. The molecule has 1 unspecified atom stereocenters. The quantitative estimate of drug-likeness (QED) is 0.897. The molecule has 3 heteroatoms. The summed E-state index contributed by atoms with van der Waals surface area (Å²) in [5.41, 5.74) is 10.8. The van der Waals surface area contributed by atoms with Crippen LogP contribution < -0.4 is 5.73 Å². The molecule has 0 saturated carbocycles. The van der Waals surface area contributed by atoms with Gasteiger partial charge in [-0.2, -0.15) is 5.10 Å². The number of rotatable bonds is 4. The molecule has 0 spiro atoms. The molecule has 0 aliphatic heterocycles. The van der Waals surface area contributed by atoms with E-state index in [0.717, 1.165) is 18.7 Å². The number of aryl methyl sites for hydroxylation is 3. The molecular weight excluding hydrogens is 222 g/mol. The molecule has 3 nitrogen and oxygen atoms in total. The van der Waals surface area contributed by atoms with E-state index in [1.165, 1.54) is 16.8 Å². The number of nitrogens with zero attached hydrogens (tertiary/aromatic N) is 2. The Hall–Kier alpha value is -1.61. The molecule has 18 heavy (non-hydrogen) atoms. The minimum atomic E-state index is 0.0514. The number of hydrogen-bond acceptors (Lipinski definition) is 2. The molecule has 0 radical (unpaired) electrons. The first-order valence-corrected chi connectivity index (χ1v) is 6.43. The summed E-state index contributed by atoms with van der Waals surface area (Å²) in [5, 5.41) is 4.58. The highest BCUT2D eigenvalue weighted by Gasteiger charge is 2.14. The third-order valence-corrected chi connectivity index (χ3v) is 3.35. The van der Waals surface area contributed by atoms with Gasteiger partial charge in [-0.1, -0.05) is 30.3 Å². The lowest BCUT2D eigenvalue weighted by atomic mass is 10.1. The second-order valence-corrected chi connectivity index (χ2v) is 4.83. The molecule has 0 aliphatic rings. The van der Waals surface area contributed by atoms with Crippen molar-refractivity contribution in [2.45, 2.75) is 39.8 Å². The average Bonchev–Trinajstić information content (AvgIpc) is 2.63. The van der Waals surface area contributed by atoms with Crippen LogP contribution in [0.5, 0.6) is 0 Å². The van der Waals surface area contributed by atoms with Gasteiger partial charge >= 0.3 is 0 Å². The zero-order chi connectivity index (χ0) is 13.1. The van der Waals surface area contributed by atoms with E-state index < -0.39 is 0 Å². The number of nitrogens with two attached hydrogens (primary N) is 1. The van der Waals surface area contributed by atoms with Gasteiger partial charge < -0.3 is 5.73 Å². The lowest BCUT2D eigenvalue weighted by molar-refractivity contribution is 0.592. The number of aromatic nitrogens is 2. The van der Waals surface area contributed by atoms with Gasteiger partial charge in [-0.05, 0) is 32.8 Å². The molecule has 2 N–H and O–H groups in total. The maximum atomic E-state index is 5.98. The Bertz CT molecular complexity index is 512. The van der Waals surface area contributed by atoms with Gasteiger partial charge in [-0.3, -0.25) is 4.68 Å². The van der Waals surface area contributed by atoms with Crippen LogP contribution in [0.3, 0.4) is 0 Å². The lowest BCUT2D eigenvalue weighted by Gasteiger charge is -2.07. The summed E-state index contributed by atoms with van der Waals surface area (Å²) in [6.45, 7) is 7.05. The van der Waals surface area contributed by atoms with Crippen molar-refractivity contribution in [3.8, 4) is 0 Å². The lowest BCUT2D eigenvalue weighted by Crippen LogP contribution is -2.09. The summed E-state index contributed by atoms with van der Waals surface area (Å²) in [6.07, 6.45) is 1.00. The molecule has 0 bridgehead atoms. The monoisotopic (exact) mass is 243 g/mol. The van der Waals surface area contributed by atoms with E-state index in [4.69, 9.17) is 5.73 Å². The SMILES string of the molecule is Cc1nn(CCc2ccccc2)c(C)c1C(C)N. The fraction of sp³-hybridized carbons (Fsp3) is 0.400. The van der Waals surface area contributed by atoms with Gasteiger partial charge in [0.15, 0.2) is 0 Å². The van der Waals surface area contributed by atoms with E-state index in [9.17, 15) is 0 Å². The summed E-state index contributed by atoms with van der Waals surface area (Å²) >= 11 is 0. The molecule has 0 saturated heterocycles. The molecule has 96 valence electrons. The van der Waals surface area contributed by atoms with Crippen molar-refractivity contribution in [3.05, 3.63) is 52.8 Å². The first-order valence-electron chi connectivity index (χ1n) is 6.43. The Morgan fingerprint density at radius 1 is 1.22 bits per heavy atom. The second kappa shape index (κ2) is 5.36. The van der Waals surface area contributed by atoms with Crippen LogP contribution in [0.2, 0.25) is 0 Å². The van der Waals surface area contributed by atoms with Crippen LogP contribution in [0.15, 0.2) is 30.3 Å². The minimum absolute atomic E-state index is 0.0514. The van der Waals surface area contributed by atoms with Crippen LogP contribution in [-0.2, 0) is 13.0 Å². The average molecular weight is 243 g/mol. The smallest absolute Gasteiger partial charge is 0.0644 e. The normalized spacial score (nSPS) is 12.7. The van der Waals surface area contributed by atoms with Crippen molar-refractivity contribution in [2.24, 2.45) is 5.73 Å². The van der Waals surface area contributed by atoms with Crippen LogP contribution in [0.4, 0.5) is 0 Å². The van der Waals surface area contributed by atoms with Gasteiger partial charge in [0.05, 0.1) is 5.69 Å². The highest BCUT2D eigenvalue weighted by Crippen LogP contribution is 2.19. The number of hydrogen-bond donors (Lipinski definition) is 1. The van der Waals surface area contributed by atoms with Crippen LogP contribution >= 0.6 is 0 Å². The molecule has 1 aromatic heterocycles. The van der Waals surface area contributed by atoms with Crippen molar-refractivity contribution < 1.29 is 0 Å². The Morgan fingerprint density at radius 3 is 2.44 bits per heavy atom. The van der Waals surface area contributed by atoms with E-state index in [0.29, 0.717) is 0 Å². The fourth-order valence-electron chi connectivity index (χ4n) is 2.47. The van der Waals surface area contributed by atoms with Crippen molar-refractivity contribution >= 4 is 0 Å². The third kappa shape index (κ3) is 2.62. The number of benzene rings is 1. The predicted molar refractivity (Wildman–Crippen MR) is 74.4 cm³/mol. The van der Waals surface area contributed by atoms with E-state index in [1.54, 1.807) is 0 Å². The van der Waals surface area contributed by atoms with Gasteiger partial charge in [-0.25, -0.2) is 0 Å². The molecule has 1 atom stereocenters. The topological polar surface area (TPSA) is 43.8 Å². The van der Waals surface area contributed by atoms with Crippen LogP contribution in [0.25, 0.3) is 0 Å². The van der Waals surface area contributed by atoms with Crippen molar-refractivity contribution in [1.82, 2.24) is 9.78 Å². The first kappa shape index (κ1) is 12.8. The Balaban J connectivity index is 2.13. The predicted octanol–water partition coefficient (Wildman–Crippen LogP) is 2.76. The minimum Gasteiger partial charge on any atom is -0.324 e. The second-order valence-electron chi connectivity index (χ2n) is 4.83. The summed E-state index contributed by atoms with van der Waals surface area (Å²) < 4.78 is 2.07. The third-order valence-electron chi connectivity index (χ3n) is 3.35. The molecule has 2 aromatic rings. The van der Waals surface area contributed by atoms with E-state index in [-0.39, 0.29) is 6.04 Å². The van der Waals surface area contributed by atoms with Crippen molar-refractivity contribution in [1.29, 1.82) is 0 Å². The van der Waals surface area contributed by atoms with Crippen LogP contribution in [0.1, 0.15) is 35.5 Å². The zero-order valence-electron chi connectivity index (χ0n) is 11.4. The Kier molecular flexibility index (Phi) is 3.82. The summed E-state index contributed by atoms with van der Waals surface area (Å²) in [4.78, 5) is 0. The standard InChI is InChI=1S/C15H21N3/c1-11(16)15-12(2)17-18(13(15)3)10-9-14-7-5-4-6-8-14/h4-8,11H,9-10,16H2,1-3H3. The van der Waals surface area contributed by atoms with E-state index >= 15 is 0 Å². The summed E-state index contributed by atoms with van der Waals surface area (Å²) in [6, 6.07) is 10.5. The highest BCUT2D eigenvalue weighted by molar-refractivity contribution is 5.27. The van der Waals surface area contributed by atoms with E-state index in [2.05, 4.69) is 41.0 Å². The molecule has 0 fully saturated rings. The first-order chi connectivity index (χ1) is 8.59. The summed E-state index contributed by atoms with van der Waals surface area (Å²) in [7, 11) is 0. The molecule has 2 rings (SSSR count). The summed E-state index contributed by atoms with van der Waals surface area (Å²) in [5.74, 6) is 0. The Morgan fingerprint density at radius 2 is 1.89 bits per heavy atom. The molecule has 1 heterocycles. The van der Waals surface area contributed by atoms with Crippen molar-refractivity contribution in [2.75, 3.05) is 0 Å². The van der Waals surface area contributed by atoms with Gasteiger partial charge in [-0.15, -0.1) is 0 Å². The maximum Gasteiger partial charge on any atom is 0.0644 e. The van der Waals surface area contributed by atoms with Gasteiger partial charge in [0.2, 0.25) is 0 Å². The largest absolute Gasteiger partial charge is 0.324 e. The van der Waals surface area contributed by atoms with Crippen LogP contribution in [0, 0.1) is 13.8 Å². The Labute approximate surface area is 109 Å². The fourth-order valence-corrected chi connectivity index (χ4v) is 2.47. The van der Waals surface area contributed by atoms with Crippen LogP contribution in [-0.4, -0.2) is 9.78 Å². The highest BCUT2D eigenvalue weighted by atomic mass is 15.3. The molecule has 0 amide bonds.